The van der Waals surface area contributed by atoms with Gasteiger partial charge in [0.1, 0.15) is 11.5 Å². The van der Waals surface area contributed by atoms with Gasteiger partial charge in [-0.1, -0.05) is 5.16 Å². The number of rotatable bonds is 5. The van der Waals surface area contributed by atoms with E-state index in [4.69, 9.17) is 14.0 Å². The molecular formula is C12H14N2O4. The fourth-order valence-electron chi connectivity index (χ4n) is 1.49. The van der Waals surface area contributed by atoms with Gasteiger partial charge in [0.05, 0.1) is 13.7 Å². The molecule has 1 aromatic carbocycles. The van der Waals surface area contributed by atoms with Crippen molar-refractivity contribution in [2.45, 2.75) is 20.1 Å². The third-order valence-corrected chi connectivity index (χ3v) is 2.36. The first-order chi connectivity index (χ1) is 8.72. The van der Waals surface area contributed by atoms with Crippen molar-refractivity contribution in [3.63, 3.8) is 0 Å². The van der Waals surface area contributed by atoms with Crippen LogP contribution in [0.2, 0.25) is 0 Å². The van der Waals surface area contributed by atoms with Crippen LogP contribution in [0.4, 0.5) is 0 Å². The number of aliphatic hydroxyl groups is 1. The van der Waals surface area contributed by atoms with Gasteiger partial charge in [-0.05, 0) is 25.1 Å². The summed E-state index contributed by atoms with van der Waals surface area (Å²) >= 11 is 0. The number of nitrogens with zero attached hydrogens (tertiary/aromatic N) is 2. The van der Waals surface area contributed by atoms with Crippen molar-refractivity contribution >= 4 is 0 Å². The molecule has 6 nitrogen and oxygen atoms in total. The number of aliphatic hydroxyl groups excluding tert-OH is 1. The van der Waals surface area contributed by atoms with Crippen molar-refractivity contribution < 1.29 is 19.1 Å². The lowest BCUT2D eigenvalue weighted by molar-refractivity contribution is 0.228. The van der Waals surface area contributed by atoms with Crippen LogP contribution in [0.25, 0.3) is 0 Å². The Morgan fingerprint density at radius 3 is 2.83 bits per heavy atom. The summed E-state index contributed by atoms with van der Waals surface area (Å²) in [5, 5.41) is 12.9. The number of hydrogen-bond acceptors (Lipinski definition) is 6. The highest BCUT2D eigenvalue weighted by molar-refractivity contribution is 5.39. The van der Waals surface area contributed by atoms with Gasteiger partial charge in [-0.2, -0.15) is 4.98 Å². The van der Waals surface area contributed by atoms with E-state index < -0.39 is 0 Å². The molecule has 2 rings (SSSR count). The van der Waals surface area contributed by atoms with Crippen LogP contribution in [0.5, 0.6) is 11.5 Å². The number of aryl methyl sites for hydroxylation is 1. The third kappa shape index (κ3) is 2.78. The predicted molar refractivity (Wildman–Crippen MR) is 62.3 cm³/mol. The van der Waals surface area contributed by atoms with E-state index in [1.54, 1.807) is 32.2 Å². The van der Waals surface area contributed by atoms with Crippen LogP contribution in [0.3, 0.4) is 0 Å². The van der Waals surface area contributed by atoms with Gasteiger partial charge in [-0.3, -0.25) is 0 Å². The van der Waals surface area contributed by atoms with Crippen molar-refractivity contribution in [3.05, 3.63) is 35.5 Å². The molecule has 1 aromatic heterocycles. The van der Waals surface area contributed by atoms with E-state index in [2.05, 4.69) is 10.1 Å². The van der Waals surface area contributed by atoms with Gasteiger partial charge < -0.3 is 19.1 Å². The Morgan fingerprint density at radius 1 is 1.39 bits per heavy atom. The molecule has 0 aliphatic carbocycles. The minimum Gasteiger partial charge on any atom is -0.497 e. The van der Waals surface area contributed by atoms with Crippen LogP contribution in [0, 0.1) is 6.92 Å². The zero-order valence-corrected chi connectivity index (χ0v) is 10.2. The summed E-state index contributed by atoms with van der Waals surface area (Å²) in [7, 11) is 1.57. The topological polar surface area (TPSA) is 77.6 Å². The highest BCUT2D eigenvalue weighted by Gasteiger charge is 2.08. The summed E-state index contributed by atoms with van der Waals surface area (Å²) in [6.07, 6.45) is 0. The molecule has 0 saturated heterocycles. The largest absolute Gasteiger partial charge is 0.497 e. The Labute approximate surface area is 104 Å². The minimum absolute atomic E-state index is 0.130. The smallest absolute Gasteiger partial charge is 0.264 e. The van der Waals surface area contributed by atoms with E-state index >= 15 is 0 Å². The molecule has 0 atom stereocenters. The lowest BCUT2D eigenvalue weighted by Crippen LogP contribution is -1.99. The summed E-state index contributed by atoms with van der Waals surface area (Å²) in [6, 6.07) is 5.20. The van der Waals surface area contributed by atoms with Gasteiger partial charge >= 0.3 is 0 Å². The van der Waals surface area contributed by atoms with Crippen molar-refractivity contribution in [1.29, 1.82) is 0 Å². The number of aromatic nitrogens is 2. The molecule has 0 fully saturated rings. The van der Waals surface area contributed by atoms with Crippen molar-refractivity contribution in [1.82, 2.24) is 10.1 Å². The Bertz CT molecular complexity index is 525. The van der Waals surface area contributed by atoms with Crippen LogP contribution < -0.4 is 9.47 Å². The predicted octanol–water partition coefficient (Wildman–Crippen LogP) is 1.46. The Hall–Kier alpha value is -2.08. The van der Waals surface area contributed by atoms with E-state index in [1.807, 2.05) is 0 Å². The normalized spacial score (nSPS) is 10.4. The second kappa shape index (κ2) is 5.50. The van der Waals surface area contributed by atoms with Gasteiger partial charge in [0.25, 0.3) is 5.89 Å². The van der Waals surface area contributed by atoms with Gasteiger partial charge in [-0.15, -0.1) is 0 Å². The first-order valence-electron chi connectivity index (χ1n) is 5.42. The van der Waals surface area contributed by atoms with Crippen molar-refractivity contribution in [3.8, 4) is 11.5 Å². The second-order valence-corrected chi connectivity index (χ2v) is 3.66. The molecule has 0 aliphatic rings. The number of methoxy groups -OCH3 is 1. The maximum Gasteiger partial charge on any atom is 0.264 e. The van der Waals surface area contributed by atoms with Crippen molar-refractivity contribution in [2.75, 3.05) is 7.11 Å². The molecule has 2 aromatic rings. The van der Waals surface area contributed by atoms with Gasteiger partial charge in [0, 0.05) is 5.56 Å². The average molecular weight is 250 g/mol. The standard InChI is InChI=1S/C12H14N2O4/c1-8-13-12(18-14-8)7-17-11-4-3-10(16-2)5-9(11)6-15/h3-5,15H,6-7H2,1-2H3. The molecule has 18 heavy (non-hydrogen) atoms. The quantitative estimate of drug-likeness (QED) is 0.865. The molecule has 1 N–H and O–H groups in total. The molecule has 6 heteroatoms. The van der Waals surface area contributed by atoms with E-state index in [-0.39, 0.29) is 13.2 Å². The number of ether oxygens (including phenoxy) is 2. The molecule has 1 heterocycles. The second-order valence-electron chi connectivity index (χ2n) is 3.66. The molecule has 96 valence electrons. The highest BCUT2D eigenvalue weighted by atomic mass is 16.5. The summed E-state index contributed by atoms with van der Waals surface area (Å²) in [5.41, 5.74) is 0.644. The molecule has 0 spiro atoms. The molecule has 0 radical (unpaired) electrons. The average Bonchev–Trinajstić information content (AvgIpc) is 2.82. The lowest BCUT2D eigenvalue weighted by Gasteiger charge is -2.09. The fourth-order valence-corrected chi connectivity index (χ4v) is 1.49. The van der Waals surface area contributed by atoms with Crippen LogP contribution in [-0.4, -0.2) is 22.4 Å². The zero-order chi connectivity index (χ0) is 13.0. The van der Waals surface area contributed by atoms with Crippen LogP contribution in [0.1, 0.15) is 17.3 Å². The fraction of sp³-hybridized carbons (Fsp3) is 0.333. The van der Waals surface area contributed by atoms with Crippen molar-refractivity contribution in [2.24, 2.45) is 0 Å². The van der Waals surface area contributed by atoms with E-state index in [9.17, 15) is 5.11 Å². The molecule has 0 saturated carbocycles. The Balaban J connectivity index is 2.08. The summed E-state index contributed by atoms with van der Waals surface area (Å²) in [5.74, 6) is 2.19. The lowest BCUT2D eigenvalue weighted by atomic mass is 10.2. The third-order valence-electron chi connectivity index (χ3n) is 2.36. The number of benzene rings is 1. The molecular weight excluding hydrogens is 236 g/mol. The first kappa shape index (κ1) is 12.4. The monoisotopic (exact) mass is 250 g/mol. The van der Waals surface area contributed by atoms with E-state index in [0.29, 0.717) is 28.8 Å². The van der Waals surface area contributed by atoms with Gasteiger partial charge in [0.15, 0.2) is 12.4 Å². The van der Waals surface area contributed by atoms with Crippen LogP contribution in [-0.2, 0) is 13.2 Å². The van der Waals surface area contributed by atoms with Gasteiger partial charge in [0.2, 0.25) is 0 Å². The molecule has 0 amide bonds. The molecule has 0 bridgehead atoms. The van der Waals surface area contributed by atoms with E-state index in [0.717, 1.165) is 0 Å². The summed E-state index contributed by atoms with van der Waals surface area (Å²) in [4.78, 5) is 4.03. The molecule has 0 aliphatic heterocycles. The SMILES string of the molecule is COc1ccc(OCc2nc(C)no2)c(CO)c1. The minimum atomic E-state index is -0.130. The molecule has 0 unspecified atom stereocenters. The van der Waals surface area contributed by atoms with Gasteiger partial charge in [-0.25, -0.2) is 0 Å². The van der Waals surface area contributed by atoms with E-state index in [1.165, 1.54) is 0 Å². The maximum atomic E-state index is 9.25. The van der Waals surface area contributed by atoms with Crippen LogP contribution in [0.15, 0.2) is 22.7 Å². The first-order valence-corrected chi connectivity index (χ1v) is 5.42. The van der Waals surface area contributed by atoms with Crippen LogP contribution >= 0.6 is 0 Å². The highest BCUT2D eigenvalue weighted by Crippen LogP contribution is 2.24. The summed E-state index contributed by atoms with van der Waals surface area (Å²) < 4.78 is 15.5. The summed E-state index contributed by atoms with van der Waals surface area (Å²) in [6.45, 7) is 1.77. The number of hydrogen-bond donors (Lipinski definition) is 1. The maximum absolute atomic E-state index is 9.25. The Kier molecular flexibility index (Phi) is 3.78. The Morgan fingerprint density at radius 2 is 2.22 bits per heavy atom. The zero-order valence-electron chi connectivity index (χ0n) is 10.2.